The summed E-state index contributed by atoms with van der Waals surface area (Å²) in [6.45, 7) is 11.0. The highest BCUT2D eigenvalue weighted by Gasteiger charge is 2.21. The van der Waals surface area contributed by atoms with Gasteiger partial charge in [0, 0.05) is 5.92 Å². The van der Waals surface area contributed by atoms with E-state index in [1.54, 1.807) is 6.26 Å². The predicted octanol–water partition coefficient (Wildman–Crippen LogP) is 3.70. The summed E-state index contributed by atoms with van der Waals surface area (Å²) in [5, 5.41) is 0. The van der Waals surface area contributed by atoms with Crippen molar-refractivity contribution in [3.63, 3.8) is 0 Å². The Hall–Kier alpha value is -0.720. The topological polar surface area (TPSA) is 13.1 Å². The SMILES string of the molecule is CC(C)c1occc1C(C)(C)C. The third-order valence-electron chi connectivity index (χ3n) is 2.03. The summed E-state index contributed by atoms with van der Waals surface area (Å²) in [7, 11) is 0. The van der Waals surface area contributed by atoms with Crippen molar-refractivity contribution in [2.75, 3.05) is 0 Å². The van der Waals surface area contributed by atoms with Gasteiger partial charge in [0.1, 0.15) is 5.76 Å². The van der Waals surface area contributed by atoms with Gasteiger partial charge in [-0.15, -0.1) is 0 Å². The molecule has 0 radical (unpaired) electrons. The molecule has 1 rings (SSSR count). The van der Waals surface area contributed by atoms with E-state index in [0.29, 0.717) is 5.92 Å². The molecule has 1 aromatic heterocycles. The highest BCUT2D eigenvalue weighted by Crippen LogP contribution is 2.30. The van der Waals surface area contributed by atoms with Crippen LogP contribution in [0.25, 0.3) is 0 Å². The monoisotopic (exact) mass is 166 g/mol. The average molecular weight is 166 g/mol. The maximum absolute atomic E-state index is 5.45. The lowest BCUT2D eigenvalue weighted by atomic mass is 9.85. The molecule has 1 heterocycles. The number of hydrogen-bond donors (Lipinski definition) is 0. The second-order valence-corrected chi connectivity index (χ2v) is 4.60. The van der Waals surface area contributed by atoms with Crippen molar-refractivity contribution in [1.29, 1.82) is 0 Å². The summed E-state index contributed by atoms with van der Waals surface area (Å²) in [6.07, 6.45) is 1.79. The Morgan fingerprint density at radius 1 is 1.25 bits per heavy atom. The summed E-state index contributed by atoms with van der Waals surface area (Å²) in [5.74, 6) is 1.61. The maximum atomic E-state index is 5.45. The molecule has 0 N–H and O–H groups in total. The maximum Gasteiger partial charge on any atom is 0.109 e. The summed E-state index contributed by atoms with van der Waals surface area (Å²) in [6, 6.07) is 2.08. The van der Waals surface area contributed by atoms with Gasteiger partial charge >= 0.3 is 0 Å². The zero-order valence-corrected chi connectivity index (χ0v) is 8.64. The van der Waals surface area contributed by atoms with Crippen LogP contribution in [0.15, 0.2) is 16.7 Å². The first-order chi connectivity index (χ1) is 5.43. The van der Waals surface area contributed by atoms with E-state index in [1.165, 1.54) is 5.56 Å². The molecule has 0 bridgehead atoms. The van der Waals surface area contributed by atoms with Crippen LogP contribution in [0.5, 0.6) is 0 Å². The van der Waals surface area contributed by atoms with Gasteiger partial charge in [0.2, 0.25) is 0 Å². The molecule has 0 aliphatic rings. The molecule has 1 aromatic rings. The average Bonchev–Trinajstić information content (AvgIpc) is 2.30. The molecule has 0 saturated carbocycles. The molecule has 1 nitrogen and oxygen atoms in total. The van der Waals surface area contributed by atoms with Gasteiger partial charge < -0.3 is 4.42 Å². The highest BCUT2D eigenvalue weighted by atomic mass is 16.3. The molecule has 0 fully saturated rings. The Morgan fingerprint density at radius 3 is 2.17 bits per heavy atom. The summed E-state index contributed by atoms with van der Waals surface area (Å²) < 4.78 is 5.45. The summed E-state index contributed by atoms with van der Waals surface area (Å²) >= 11 is 0. The molecule has 68 valence electrons. The van der Waals surface area contributed by atoms with Gasteiger partial charge in [0.05, 0.1) is 6.26 Å². The number of furan rings is 1. The molecule has 0 aliphatic carbocycles. The Balaban J connectivity index is 3.08. The summed E-state index contributed by atoms with van der Waals surface area (Å²) in [5.41, 5.74) is 1.53. The number of hydrogen-bond acceptors (Lipinski definition) is 1. The van der Waals surface area contributed by atoms with E-state index < -0.39 is 0 Å². The van der Waals surface area contributed by atoms with Crippen molar-refractivity contribution >= 4 is 0 Å². The molecule has 1 heteroatoms. The van der Waals surface area contributed by atoms with Crippen LogP contribution in [0.2, 0.25) is 0 Å². The van der Waals surface area contributed by atoms with Crippen LogP contribution < -0.4 is 0 Å². The molecule has 0 saturated heterocycles. The van der Waals surface area contributed by atoms with E-state index in [-0.39, 0.29) is 5.41 Å². The summed E-state index contributed by atoms with van der Waals surface area (Å²) in [4.78, 5) is 0. The van der Waals surface area contributed by atoms with Gasteiger partial charge in [0.25, 0.3) is 0 Å². The van der Waals surface area contributed by atoms with Gasteiger partial charge in [-0.2, -0.15) is 0 Å². The molecular weight excluding hydrogens is 148 g/mol. The molecular formula is C11H18O. The molecule has 0 spiro atoms. The van der Waals surface area contributed by atoms with Crippen LogP contribution in [0.1, 0.15) is 51.9 Å². The van der Waals surface area contributed by atoms with Crippen LogP contribution >= 0.6 is 0 Å². The van der Waals surface area contributed by atoms with Crippen molar-refractivity contribution < 1.29 is 4.42 Å². The van der Waals surface area contributed by atoms with Gasteiger partial charge in [-0.05, 0) is 17.0 Å². The largest absolute Gasteiger partial charge is 0.469 e. The van der Waals surface area contributed by atoms with Crippen molar-refractivity contribution in [1.82, 2.24) is 0 Å². The minimum Gasteiger partial charge on any atom is -0.469 e. The molecule has 0 amide bonds. The van der Waals surface area contributed by atoms with E-state index in [1.807, 2.05) is 0 Å². The second-order valence-electron chi connectivity index (χ2n) is 4.60. The van der Waals surface area contributed by atoms with E-state index >= 15 is 0 Å². The van der Waals surface area contributed by atoms with Crippen LogP contribution in [0, 0.1) is 0 Å². The van der Waals surface area contributed by atoms with E-state index in [2.05, 4.69) is 40.7 Å². The van der Waals surface area contributed by atoms with Crippen molar-refractivity contribution in [2.45, 2.75) is 46.0 Å². The molecule has 0 aromatic carbocycles. The van der Waals surface area contributed by atoms with Gasteiger partial charge in [-0.25, -0.2) is 0 Å². The van der Waals surface area contributed by atoms with Crippen LogP contribution in [-0.4, -0.2) is 0 Å². The van der Waals surface area contributed by atoms with E-state index in [9.17, 15) is 0 Å². The van der Waals surface area contributed by atoms with E-state index in [4.69, 9.17) is 4.42 Å². The fourth-order valence-corrected chi connectivity index (χ4v) is 1.39. The highest BCUT2D eigenvalue weighted by molar-refractivity contribution is 5.27. The lowest BCUT2D eigenvalue weighted by Gasteiger charge is -2.19. The first-order valence-corrected chi connectivity index (χ1v) is 4.51. The predicted molar refractivity (Wildman–Crippen MR) is 51.5 cm³/mol. The van der Waals surface area contributed by atoms with Crippen LogP contribution in [0.4, 0.5) is 0 Å². The minimum absolute atomic E-state index is 0.201. The van der Waals surface area contributed by atoms with Crippen LogP contribution in [-0.2, 0) is 5.41 Å². The van der Waals surface area contributed by atoms with Crippen molar-refractivity contribution in [2.24, 2.45) is 0 Å². The normalized spacial score (nSPS) is 12.5. The van der Waals surface area contributed by atoms with Crippen LogP contribution in [0.3, 0.4) is 0 Å². The van der Waals surface area contributed by atoms with Crippen molar-refractivity contribution in [3.05, 3.63) is 23.7 Å². The van der Waals surface area contributed by atoms with Gasteiger partial charge in [-0.1, -0.05) is 34.6 Å². The lowest BCUT2D eigenvalue weighted by Crippen LogP contribution is -2.12. The Bertz CT molecular complexity index is 250. The van der Waals surface area contributed by atoms with Gasteiger partial charge in [-0.3, -0.25) is 0 Å². The molecule has 0 unspecified atom stereocenters. The molecule has 0 atom stereocenters. The smallest absolute Gasteiger partial charge is 0.109 e. The Labute approximate surface area is 74.8 Å². The fourth-order valence-electron chi connectivity index (χ4n) is 1.39. The Kier molecular flexibility index (Phi) is 2.31. The molecule has 12 heavy (non-hydrogen) atoms. The standard InChI is InChI=1S/C11H18O/c1-8(2)10-9(6-7-12-10)11(3,4)5/h6-8H,1-5H3. The zero-order chi connectivity index (χ0) is 9.35. The fraction of sp³-hybridized carbons (Fsp3) is 0.636. The number of rotatable bonds is 1. The first-order valence-electron chi connectivity index (χ1n) is 4.51. The second kappa shape index (κ2) is 2.96. The van der Waals surface area contributed by atoms with E-state index in [0.717, 1.165) is 5.76 Å². The lowest BCUT2D eigenvalue weighted by molar-refractivity contribution is 0.463. The Morgan fingerprint density at radius 2 is 1.83 bits per heavy atom. The molecule has 0 aliphatic heterocycles. The zero-order valence-electron chi connectivity index (χ0n) is 8.64. The first kappa shape index (κ1) is 9.37. The minimum atomic E-state index is 0.201. The third-order valence-corrected chi connectivity index (χ3v) is 2.03. The quantitative estimate of drug-likeness (QED) is 0.620. The van der Waals surface area contributed by atoms with Crippen molar-refractivity contribution in [3.8, 4) is 0 Å². The van der Waals surface area contributed by atoms with Gasteiger partial charge in [0.15, 0.2) is 0 Å². The third kappa shape index (κ3) is 1.71.